The van der Waals surface area contributed by atoms with Gasteiger partial charge in [0.1, 0.15) is 12.6 Å². The Morgan fingerprint density at radius 1 is 1.15 bits per heavy atom. The lowest BCUT2D eigenvalue weighted by Gasteiger charge is -2.17. The third kappa shape index (κ3) is 5.87. The molecule has 8 heteroatoms. The standard InChI is InChI=1S/C19H27N5O3/c1-12(2)10-16(19(26)27-5)20-17(25)11-24-22-18(21-23-24)15-8-6-14(7-9-15)13(3)4/h6-9,12-13,16H,10-11H2,1-5H3,(H,20,25)/t16-/m1/s1. The average Bonchev–Trinajstić information content (AvgIpc) is 3.08. The van der Waals surface area contributed by atoms with Crippen LogP contribution in [0.25, 0.3) is 11.4 Å². The van der Waals surface area contributed by atoms with Crippen LogP contribution in [-0.2, 0) is 20.9 Å². The van der Waals surface area contributed by atoms with Crippen LogP contribution in [0.3, 0.4) is 0 Å². The minimum Gasteiger partial charge on any atom is -0.467 e. The SMILES string of the molecule is COC(=O)[C@@H](CC(C)C)NC(=O)Cn1nnc(-c2ccc(C(C)C)cc2)n1. The zero-order valence-corrected chi connectivity index (χ0v) is 16.5. The number of esters is 1. The first-order valence-corrected chi connectivity index (χ1v) is 9.05. The third-order valence-corrected chi connectivity index (χ3v) is 4.10. The molecule has 1 amide bonds. The van der Waals surface area contributed by atoms with E-state index in [1.165, 1.54) is 17.5 Å². The molecule has 0 spiro atoms. The highest BCUT2D eigenvalue weighted by molar-refractivity contribution is 5.84. The Balaban J connectivity index is 2.01. The van der Waals surface area contributed by atoms with Crippen molar-refractivity contribution in [3.8, 4) is 11.4 Å². The number of nitrogens with zero attached hydrogens (tertiary/aromatic N) is 4. The second-order valence-electron chi connectivity index (χ2n) is 7.19. The summed E-state index contributed by atoms with van der Waals surface area (Å²) in [5.41, 5.74) is 2.06. The molecule has 0 unspecified atom stereocenters. The molecule has 0 radical (unpaired) electrons. The second-order valence-corrected chi connectivity index (χ2v) is 7.19. The highest BCUT2D eigenvalue weighted by atomic mass is 16.5. The molecule has 1 atom stereocenters. The molecule has 1 aromatic heterocycles. The van der Waals surface area contributed by atoms with Gasteiger partial charge in [0.15, 0.2) is 0 Å². The number of aromatic nitrogens is 4. The number of nitrogens with one attached hydrogen (secondary N) is 1. The van der Waals surface area contributed by atoms with Crippen molar-refractivity contribution in [1.82, 2.24) is 25.5 Å². The number of hydrogen-bond acceptors (Lipinski definition) is 6. The van der Waals surface area contributed by atoms with E-state index in [4.69, 9.17) is 4.74 Å². The third-order valence-electron chi connectivity index (χ3n) is 4.10. The minimum atomic E-state index is -0.686. The molecule has 0 bridgehead atoms. The first-order chi connectivity index (χ1) is 12.8. The minimum absolute atomic E-state index is 0.122. The lowest BCUT2D eigenvalue weighted by molar-refractivity contribution is -0.145. The number of ether oxygens (including phenoxy) is 1. The largest absolute Gasteiger partial charge is 0.467 e. The van der Waals surface area contributed by atoms with Gasteiger partial charge in [0.05, 0.1) is 7.11 Å². The Labute approximate surface area is 159 Å². The number of tetrazole rings is 1. The fourth-order valence-electron chi connectivity index (χ4n) is 2.64. The van der Waals surface area contributed by atoms with E-state index in [0.717, 1.165) is 5.56 Å². The van der Waals surface area contributed by atoms with Crippen molar-refractivity contribution in [3.05, 3.63) is 29.8 Å². The molecule has 0 fully saturated rings. The van der Waals surface area contributed by atoms with Crippen molar-refractivity contribution in [2.24, 2.45) is 5.92 Å². The maximum absolute atomic E-state index is 12.2. The van der Waals surface area contributed by atoms with Crippen LogP contribution in [0.5, 0.6) is 0 Å². The maximum atomic E-state index is 12.2. The Hall–Kier alpha value is -2.77. The smallest absolute Gasteiger partial charge is 0.328 e. The molecule has 8 nitrogen and oxygen atoms in total. The summed E-state index contributed by atoms with van der Waals surface area (Å²) in [4.78, 5) is 25.3. The van der Waals surface area contributed by atoms with E-state index in [1.54, 1.807) is 0 Å². The molecule has 1 N–H and O–H groups in total. The zero-order valence-electron chi connectivity index (χ0n) is 16.5. The normalized spacial score (nSPS) is 12.3. The summed E-state index contributed by atoms with van der Waals surface area (Å²) in [7, 11) is 1.30. The van der Waals surface area contributed by atoms with Gasteiger partial charge in [-0.05, 0) is 29.0 Å². The Bertz CT molecular complexity index is 768. The lowest BCUT2D eigenvalue weighted by atomic mass is 10.0. The Morgan fingerprint density at radius 3 is 2.37 bits per heavy atom. The van der Waals surface area contributed by atoms with Crippen LogP contribution in [0.1, 0.15) is 45.6 Å². The number of rotatable bonds is 8. The number of amides is 1. The monoisotopic (exact) mass is 373 g/mol. The van der Waals surface area contributed by atoms with Crippen molar-refractivity contribution >= 4 is 11.9 Å². The zero-order chi connectivity index (χ0) is 20.0. The molecule has 0 aliphatic heterocycles. The summed E-state index contributed by atoms with van der Waals surface area (Å²) in [6.07, 6.45) is 0.497. The highest BCUT2D eigenvalue weighted by Crippen LogP contribution is 2.19. The van der Waals surface area contributed by atoms with E-state index in [2.05, 4.69) is 34.6 Å². The number of carbonyl (C=O) groups excluding carboxylic acids is 2. The molecule has 0 aliphatic rings. The molecule has 2 rings (SSSR count). The van der Waals surface area contributed by atoms with Crippen LogP contribution in [0.15, 0.2) is 24.3 Å². The molecule has 0 aliphatic carbocycles. The van der Waals surface area contributed by atoms with Gasteiger partial charge in [-0.1, -0.05) is 52.0 Å². The van der Waals surface area contributed by atoms with Gasteiger partial charge in [0.25, 0.3) is 0 Å². The summed E-state index contributed by atoms with van der Waals surface area (Å²) in [6, 6.07) is 7.24. The summed E-state index contributed by atoms with van der Waals surface area (Å²) in [6.45, 7) is 8.07. The first-order valence-electron chi connectivity index (χ1n) is 9.05. The van der Waals surface area contributed by atoms with E-state index in [-0.39, 0.29) is 18.4 Å². The molecular weight excluding hydrogens is 346 g/mol. The van der Waals surface area contributed by atoms with E-state index < -0.39 is 12.0 Å². The van der Waals surface area contributed by atoms with Gasteiger partial charge in [0.2, 0.25) is 11.7 Å². The van der Waals surface area contributed by atoms with Crippen LogP contribution in [0, 0.1) is 5.92 Å². The van der Waals surface area contributed by atoms with Crippen LogP contribution >= 0.6 is 0 Å². The average molecular weight is 373 g/mol. The van der Waals surface area contributed by atoms with E-state index in [1.807, 2.05) is 38.1 Å². The van der Waals surface area contributed by atoms with Crippen LogP contribution in [0.4, 0.5) is 0 Å². The van der Waals surface area contributed by atoms with Crippen molar-refractivity contribution in [1.29, 1.82) is 0 Å². The van der Waals surface area contributed by atoms with Crippen LogP contribution < -0.4 is 5.32 Å². The number of benzene rings is 1. The molecule has 1 aromatic carbocycles. The van der Waals surface area contributed by atoms with Gasteiger partial charge < -0.3 is 10.1 Å². The number of methoxy groups -OCH3 is 1. The predicted molar refractivity (Wildman–Crippen MR) is 101 cm³/mol. The van der Waals surface area contributed by atoms with Gasteiger partial charge in [0, 0.05) is 5.56 Å². The molecule has 0 saturated heterocycles. The predicted octanol–water partition coefficient (Wildman–Crippen LogP) is 2.17. The Morgan fingerprint density at radius 2 is 1.81 bits per heavy atom. The summed E-state index contributed by atoms with van der Waals surface area (Å²) < 4.78 is 4.75. The Kier molecular flexibility index (Phi) is 7.04. The van der Waals surface area contributed by atoms with E-state index in [9.17, 15) is 9.59 Å². The fraction of sp³-hybridized carbons (Fsp3) is 0.526. The molecule has 2 aromatic rings. The van der Waals surface area contributed by atoms with E-state index in [0.29, 0.717) is 18.2 Å². The van der Waals surface area contributed by atoms with Crippen LogP contribution in [0.2, 0.25) is 0 Å². The molecular formula is C19H27N5O3. The first kappa shape index (κ1) is 20.5. The van der Waals surface area contributed by atoms with E-state index >= 15 is 0 Å². The van der Waals surface area contributed by atoms with Gasteiger partial charge >= 0.3 is 5.97 Å². The highest BCUT2D eigenvalue weighted by Gasteiger charge is 2.23. The molecule has 1 heterocycles. The lowest BCUT2D eigenvalue weighted by Crippen LogP contribution is -2.43. The van der Waals surface area contributed by atoms with Gasteiger partial charge in [-0.2, -0.15) is 4.80 Å². The van der Waals surface area contributed by atoms with Crippen molar-refractivity contribution in [2.75, 3.05) is 7.11 Å². The molecule has 27 heavy (non-hydrogen) atoms. The topological polar surface area (TPSA) is 99.0 Å². The van der Waals surface area contributed by atoms with Gasteiger partial charge in [-0.3, -0.25) is 4.79 Å². The van der Waals surface area contributed by atoms with Gasteiger partial charge in [-0.25, -0.2) is 4.79 Å². The summed E-state index contributed by atoms with van der Waals surface area (Å²) >= 11 is 0. The quantitative estimate of drug-likeness (QED) is 0.712. The summed E-state index contributed by atoms with van der Waals surface area (Å²) in [5.74, 6) is 0.295. The number of hydrogen-bond donors (Lipinski definition) is 1. The van der Waals surface area contributed by atoms with Gasteiger partial charge in [-0.15, -0.1) is 10.2 Å². The molecule has 0 saturated carbocycles. The second kappa shape index (κ2) is 9.25. The molecule has 146 valence electrons. The maximum Gasteiger partial charge on any atom is 0.328 e. The van der Waals surface area contributed by atoms with Crippen molar-refractivity contribution < 1.29 is 14.3 Å². The summed E-state index contributed by atoms with van der Waals surface area (Å²) in [5, 5.41) is 14.8. The fourth-order valence-corrected chi connectivity index (χ4v) is 2.64. The van der Waals surface area contributed by atoms with Crippen molar-refractivity contribution in [2.45, 2.75) is 52.6 Å². The van der Waals surface area contributed by atoms with Crippen molar-refractivity contribution in [3.63, 3.8) is 0 Å². The number of carbonyl (C=O) groups is 2. The van der Waals surface area contributed by atoms with Crippen LogP contribution in [-0.4, -0.2) is 45.2 Å².